The predicted molar refractivity (Wildman–Crippen MR) is 105 cm³/mol. The van der Waals surface area contributed by atoms with Crippen molar-refractivity contribution in [3.63, 3.8) is 0 Å². The van der Waals surface area contributed by atoms with Gasteiger partial charge in [0.1, 0.15) is 10.5 Å². The summed E-state index contributed by atoms with van der Waals surface area (Å²) in [5.74, 6) is -0.122. The minimum Gasteiger partial charge on any atom is -0.321 e. The minimum atomic E-state index is -0.122. The van der Waals surface area contributed by atoms with Gasteiger partial charge in [0.15, 0.2) is 0 Å². The number of rotatable bonds is 3. The highest BCUT2D eigenvalue weighted by atomic mass is 32.1. The summed E-state index contributed by atoms with van der Waals surface area (Å²) in [4.78, 5) is 22.3. The highest BCUT2D eigenvalue weighted by Crippen LogP contribution is 2.26. The number of aromatic nitrogens is 3. The molecule has 130 valence electrons. The second kappa shape index (κ2) is 6.38. The van der Waals surface area contributed by atoms with Gasteiger partial charge >= 0.3 is 0 Å². The van der Waals surface area contributed by atoms with Gasteiger partial charge in [-0.2, -0.15) is 0 Å². The number of fused-ring (bicyclic) bond motifs is 1. The van der Waals surface area contributed by atoms with Crippen LogP contribution in [0.4, 0.5) is 5.69 Å². The van der Waals surface area contributed by atoms with Crippen LogP contribution in [0.3, 0.4) is 0 Å². The Labute approximate surface area is 155 Å². The number of hydrogen-bond donors (Lipinski definition) is 1. The first-order chi connectivity index (χ1) is 12.5. The highest BCUT2D eigenvalue weighted by Gasteiger charge is 2.15. The monoisotopic (exact) mass is 362 g/mol. The first-order valence-electron chi connectivity index (χ1n) is 8.31. The number of pyridine rings is 1. The lowest BCUT2D eigenvalue weighted by Crippen LogP contribution is -2.12. The van der Waals surface area contributed by atoms with Crippen molar-refractivity contribution in [3.05, 3.63) is 69.9 Å². The number of benzene rings is 1. The first kappa shape index (κ1) is 16.5. The van der Waals surface area contributed by atoms with Crippen LogP contribution in [-0.4, -0.2) is 20.3 Å². The van der Waals surface area contributed by atoms with E-state index in [0.29, 0.717) is 4.88 Å². The van der Waals surface area contributed by atoms with Gasteiger partial charge < -0.3 is 9.72 Å². The summed E-state index contributed by atoms with van der Waals surface area (Å²) in [6.07, 6.45) is 3.96. The Kier molecular flexibility index (Phi) is 4.05. The fourth-order valence-corrected chi connectivity index (χ4v) is 3.73. The molecule has 1 N–H and O–H groups in total. The summed E-state index contributed by atoms with van der Waals surface area (Å²) in [7, 11) is 0. The topological polar surface area (TPSA) is 59.3 Å². The van der Waals surface area contributed by atoms with Gasteiger partial charge in [-0.25, -0.2) is 9.97 Å². The average molecular weight is 362 g/mol. The first-order valence-corrected chi connectivity index (χ1v) is 9.13. The molecule has 0 saturated carbocycles. The number of aryl methyl sites for hydroxylation is 3. The molecule has 5 nitrogen and oxygen atoms in total. The molecule has 0 atom stereocenters. The van der Waals surface area contributed by atoms with Crippen LogP contribution in [0.5, 0.6) is 0 Å². The number of thiazole rings is 1. The van der Waals surface area contributed by atoms with E-state index < -0.39 is 0 Å². The van der Waals surface area contributed by atoms with Crippen molar-refractivity contribution in [3.8, 4) is 11.3 Å². The van der Waals surface area contributed by atoms with E-state index in [1.54, 1.807) is 0 Å². The van der Waals surface area contributed by atoms with Crippen molar-refractivity contribution in [2.75, 3.05) is 5.32 Å². The predicted octanol–water partition coefficient (Wildman–Crippen LogP) is 4.64. The summed E-state index contributed by atoms with van der Waals surface area (Å²) in [5, 5.41) is 3.91. The number of nitrogens with zero attached hydrogens (tertiary/aromatic N) is 3. The van der Waals surface area contributed by atoms with E-state index >= 15 is 0 Å². The van der Waals surface area contributed by atoms with Gasteiger partial charge in [0.25, 0.3) is 5.91 Å². The number of nitrogens with one attached hydrogen (secondary N) is 1. The molecular weight excluding hydrogens is 344 g/mol. The Balaban J connectivity index is 1.68. The van der Waals surface area contributed by atoms with Gasteiger partial charge in [-0.05, 0) is 44.5 Å². The third-order valence-corrected chi connectivity index (χ3v) is 5.33. The highest BCUT2D eigenvalue weighted by molar-refractivity contribution is 7.13. The van der Waals surface area contributed by atoms with E-state index in [0.717, 1.165) is 38.9 Å². The normalized spacial score (nSPS) is 11.0. The molecule has 3 heterocycles. The minimum absolute atomic E-state index is 0.122. The van der Waals surface area contributed by atoms with Crippen LogP contribution in [0.15, 0.2) is 48.8 Å². The summed E-state index contributed by atoms with van der Waals surface area (Å²) < 4.78 is 1.98. The zero-order valence-corrected chi connectivity index (χ0v) is 15.6. The Bertz CT molecular complexity index is 1090. The molecule has 6 heteroatoms. The SMILES string of the molecule is Cc1nc(C)c(C(=O)Nc2cc(-c3cn4ccccc4n3)ccc2C)s1. The van der Waals surface area contributed by atoms with E-state index in [1.165, 1.54) is 11.3 Å². The number of carbonyl (C=O) groups excluding carboxylic acids is 1. The molecule has 0 fully saturated rings. The molecule has 0 bridgehead atoms. The molecule has 1 amide bonds. The largest absolute Gasteiger partial charge is 0.321 e. The fourth-order valence-electron chi connectivity index (χ4n) is 2.91. The van der Waals surface area contributed by atoms with Crippen LogP contribution in [0, 0.1) is 20.8 Å². The van der Waals surface area contributed by atoms with Crippen LogP contribution >= 0.6 is 11.3 Å². The number of hydrogen-bond acceptors (Lipinski definition) is 4. The van der Waals surface area contributed by atoms with Crippen LogP contribution in [0.1, 0.15) is 25.9 Å². The molecule has 0 unspecified atom stereocenters. The van der Waals surface area contributed by atoms with Crippen molar-refractivity contribution in [1.82, 2.24) is 14.4 Å². The second-order valence-corrected chi connectivity index (χ2v) is 7.43. The molecule has 0 saturated heterocycles. The van der Waals surface area contributed by atoms with Gasteiger partial charge in [-0.1, -0.05) is 18.2 Å². The number of carbonyl (C=O) groups is 1. The van der Waals surface area contributed by atoms with Crippen molar-refractivity contribution in [2.24, 2.45) is 0 Å². The molecular formula is C20H18N4OS. The van der Waals surface area contributed by atoms with Gasteiger partial charge in [0.2, 0.25) is 0 Å². The fraction of sp³-hybridized carbons (Fsp3) is 0.150. The van der Waals surface area contributed by atoms with Crippen LogP contribution in [0.2, 0.25) is 0 Å². The molecule has 0 radical (unpaired) electrons. The maximum Gasteiger partial charge on any atom is 0.267 e. The summed E-state index contributed by atoms with van der Waals surface area (Å²) >= 11 is 1.41. The molecule has 1 aromatic carbocycles. The standard InChI is InChI=1S/C20H18N4OS/c1-12-7-8-15(17-11-24-9-5-4-6-18(24)22-17)10-16(12)23-20(25)19-13(2)21-14(3)26-19/h4-11H,1-3H3,(H,23,25). The Morgan fingerprint density at radius 3 is 2.69 bits per heavy atom. The van der Waals surface area contributed by atoms with Crippen molar-refractivity contribution in [2.45, 2.75) is 20.8 Å². The summed E-state index contributed by atoms with van der Waals surface area (Å²) in [5.41, 5.74) is 5.28. The Morgan fingerprint density at radius 2 is 1.96 bits per heavy atom. The molecule has 4 rings (SSSR count). The Hall–Kier alpha value is -2.99. The molecule has 26 heavy (non-hydrogen) atoms. The van der Waals surface area contributed by atoms with E-state index in [-0.39, 0.29) is 5.91 Å². The van der Waals surface area contributed by atoms with Crippen LogP contribution in [-0.2, 0) is 0 Å². The lowest BCUT2D eigenvalue weighted by molar-refractivity contribution is 0.102. The number of anilines is 1. The Morgan fingerprint density at radius 1 is 1.12 bits per heavy atom. The van der Waals surface area contributed by atoms with Crippen molar-refractivity contribution < 1.29 is 4.79 Å². The van der Waals surface area contributed by atoms with Gasteiger partial charge in [0, 0.05) is 23.6 Å². The smallest absolute Gasteiger partial charge is 0.267 e. The van der Waals surface area contributed by atoms with E-state index in [4.69, 9.17) is 0 Å². The molecule has 0 aliphatic carbocycles. The third kappa shape index (κ3) is 2.99. The van der Waals surface area contributed by atoms with E-state index in [9.17, 15) is 4.79 Å². The summed E-state index contributed by atoms with van der Waals surface area (Å²) in [6, 6.07) is 11.9. The molecule has 3 aromatic heterocycles. The van der Waals surface area contributed by atoms with Gasteiger partial charge in [-0.15, -0.1) is 11.3 Å². The summed E-state index contributed by atoms with van der Waals surface area (Å²) in [6.45, 7) is 5.75. The molecule has 0 aliphatic heterocycles. The maximum atomic E-state index is 12.6. The lowest BCUT2D eigenvalue weighted by atomic mass is 10.1. The zero-order valence-electron chi connectivity index (χ0n) is 14.8. The van der Waals surface area contributed by atoms with E-state index in [2.05, 4.69) is 15.3 Å². The second-order valence-electron chi connectivity index (χ2n) is 6.22. The van der Waals surface area contributed by atoms with Crippen LogP contribution in [0.25, 0.3) is 16.9 Å². The lowest BCUT2D eigenvalue weighted by Gasteiger charge is -2.09. The molecule has 4 aromatic rings. The zero-order chi connectivity index (χ0) is 18.3. The number of amides is 1. The maximum absolute atomic E-state index is 12.6. The molecule has 0 spiro atoms. The van der Waals surface area contributed by atoms with Gasteiger partial charge in [-0.3, -0.25) is 4.79 Å². The van der Waals surface area contributed by atoms with Crippen LogP contribution < -0.4 is 5.32 Å². The number of imidazole rings is 1. The third-order valence-electron chi connectivity index (χ3n) is 4.26. The van der Waals surface area contributed by atoms with Crippen molar-refractivity contribution in [1.29, 1.82) is 0 Å². The van der Waals surface area contributed by atoms with Gasteiger partial charge in [0.05, 0.1) is 16.4 Å². The quantitative estimate of drug-likeness (QED) is 0.578. The van der Waals surface area contributed by atoms with Crippen molar-refractivity contribution >= 4 is 28.6 Å². The average Bonchev–Trinajstić information content (AvgIpc) is 3.19. The van der Waals surface area contributed by atoms with E-state index in [1.807, 2.05) is 74.0 Å². The molecule has 0 aliphatic rings.